The van der Waals surface area contributed by atoms with Gasteiger partial charge in [0.1, 0.15) is 11.3 Å². The maximum Gasteiger partial charge on any atom is 0.270 e. The average Bonchev–Trinajstić information content (AvgIpc) is 3.15. The number of nitrogens with zero attached hydrogens (tertiary/aromatic N) is 2. The molecule has 1 aliphatic rings. The number of aryl methyl sites for hydroxylation is 1. The third kappa shape index (κ3) is 3.43. The monoisotopic (exact) mass is 403 g/mol. The fourth-order valence-corrected chi connectivity index (χ4v) is 3.47. The number of para-hydroxylation sites is 1. The lowest BCUT2D eigenvalue weighted by atomic mass is 10.1. The van der Waals surface area contributed by atoms with Gasteiger partial charge in [-0.05, 0) is 73.2 Å². The van der Waals surface area contributed by atoms with Gasteiger partial charge in [0.05, 0.1) is 5.69 Å². The zero-order valence-electron chi connectivity index (χ0n) is 15.5. The number of phenols is 1. The van der Waals surface area contributed by atoms with E-state index in [9.17, 15) is 14.7 Å². The number of rotatable bonds is 3. The van der Waals surface area contributed by atoms with E-state index in [-0.39, 0.29) is 16.4 Å². The number of thiocarbonyl (C=S) groups is 1. The summed E-state index contributed by atoms with van der Waals surface area (Å²) in [5.74, 6) is -0.861. The molecule has 3 aromatic rings. The van der Waals surface area contributed by atoms with Crippen LogP contribution in [0.5, 0.6) is 5.75 Å². The molecule has 2 aromatic carbocycles. The number of carbonyl (C=O) groups is 2. The van der Waals surface area contributed by atoms with Crippen molar-refractivity contribution in [3.8, 4) is 11.4 Å². The van der Waals surface area contributed by atoms with Crippen molar-refractivity contribution in [2.45, 2.75) is 6.92 Å². The zero-order valence-corrected chi connectivity index (χ0v) is 16.3. The van der Waals surface area contributed by atoms with Gasteiger partial charge in [-0.2, -0.15) is 0 Å². The van der Waals surface area contributed by atoms with Crippen molar-refractivity contribution in [3.63, 3.8) is 0 Å². The van der Waals surface area contributed by atoms with E-state index in [2.05, 4.69) is 5.32 Å². The number of hydrogen-bond acceptors (Lipinski definition) is 4. The number of amides is 2. The fraction of sp³-hybridized carbons (Fsp3) is 0.0455. The van der Waals surface area contributed by atoms with Gasteiger partial charge in [-0.15, -0.1) is 0 Å². The normalized spacial score (nSPS) is 15.7. The highest BCUT2D eigenvalue weighted by Crippen LogP contribution is 2.26. The molecule has 0 bridgehead atoms. The number of anilines is 1. The molecule has 1 fully saturated rings. The van der Waals surface area contributed by atoms with Crippen LogP contribution in [-0.4, -0.2) is 26.6 Å². The maximum atomic E-state index is 13.2. The summed E-state index contributed by atoms with van der Waals surface area (Å²) < 4.78 is 1.82. The molecule has 1 aliphatic heterocycles. The minimum absolute atomic E-state index is 0.0134. The lowest BCUT2D eigenvalue weighted by molar-refractivity contribution is -0.122. The summed E-state index contributed by atoms with van der Waals surface area (Å²) in [4.78, 5) is 27.1. The van der Waals surface area contributed by atoms with Crippen molar-refractivity contribution < 1.29 is 14.7 Å². The highest BCUT2D eigenvalue weighted by Gasteiger charge is 2.35. The SMILES string of the molecule is Cc1ccccc1N1C(=O)C(=Cc2cccn2-c2ccc(O)cc2)C(=O)NC1=S. The van der Waals surface area contributed by atoms with E-state index >= 15 is 0 Å². The van der Waals surface area contributed by atoms with Gasteiger partial charge in [0.2, 0.25) is 0 Å². The third-order valence-corrected chi connectivity index (χ3v) is 4.94. The predicted molar refractivity (Wildman–Crippen MR) is 115 cm³/mol. The van der Waals surface area contributed by atoms with Crippen LogP contribution in [0.25, 0.3) is 11.8 Å². The van der Waals surface area contributed by atoms with Crippen LogP contribution in [0.15, 0.2) is 72.4 Å². The number of carbonyl (C=O) groups excluding carboxylic acids is 2. The number of aromatic hydroxyl groups is 1. The van der Waals surface area contributed by atoms with Gasteiger partial charge in [0.25, 0.3) is 11.8 Å². The van der Waals surface area contributed by atoms with Gasteiger partial charge in [-0.1, -0.05) is 18.2 Å². The Kier molecular flexibility index (Phi) is 4.74. The van der Waals surface area contributed by atoms with Crippen molar-refractivity contribution in [2.24, 2.45) is 0 Å². The van der Waals surface area contributed by atoms with Crippen LogP contribution in [-0.2, 0) is 9.59 Å². The van der Waals surface area contributed by atoms with Gasteiger partial charge in [-0.3, -0.25) is 19.8 Å². The average molecular weight is 403 g/mol. The Labute approximate surface area is 172 Å². The lowest BCUT2D eigenvalue weighted by Crippen LogP contribution is -2.54. The Morgan fingerprint density at radius 2 is 1.72 bits per heavy atom. The lowest BCUT2D eigenvalue weighted by Gasteiger charge is -2.30. The quantitative estimate of drug-likeness (QED) is 0.400. The molecule has 2 N–H and O–H groups in total. The van der Waals surface area contributed by atoms with Crippen molar-refractivity contribution in [1.29, 1.82) is 0 Å². The van der Waals surface area contributed by atoms with Gasteiger partial charge in [-0.25, -0.2) is 0 Å². The van der Waals surface area contributed by atoms with Gasteiger partial charge >= 0.3 is 0 Å². The van der Waals surface area contributed by atoms with Crippen molar-refractivity contribution in [1.82, 2.24) is 9.88 Å². The van der Waals surface area contributed by atoms with E-state index in [0.717, 1.165) is 11.3 Å². The Morgan fingerprint density at radius 1 is 1.00 bits per heavy atom. The molecular formula is C22H17N3O3S. The molecule has 7 heteroatoms. The number of phenolic OH excluding ortho intramolecular Hbond substituents is 1. The van der Waals surface area contributed by atoms with Crippen LogP contribution in [0.4, 0.5) is 5.69 Å². The highest BCUT2D eigenvalue weighted by molar-refractivity contribution is 7.80. The summed E-state index contributed by atoms with van der Waals surface area (Å²) in [6.45, 7) is 1.88. The topological polar surface area (TPSA) is 74.6 Å². The van der Waals surface area contributed by atoms with E-state index < -0.39 is 11.8 Å². The standard InChI is InChI=1S/C22H17N3O3S/c1-14-5-2-3-7-19(14)25-21(28)18(20(27)23-22(25)29)13-16-6-4-12-24(16)15-8-10-17(26)11-9-15/h2-13,26H,1H3,(H,23,27,29). The minimum atomic E-state index is -0.539. The van der Waals surface area contributed by atoms with Crippen LogP contribution in [0.2, 0.25) is 0 Å². The molecular weight excluding hydrogens is 386 g/mol. The molecule has 1 aromatic heterocycles. The van der Waals surface area contributed by atoms with Crippen molar-refractivity contribution >= 4 is 40.9 Å². The number of hydrogen-bond donors (Lipinski definition) is 2. The first-order chi connectivity index (χ1) is 14.0. The number of benzene rings is 2. The number of aromatic nitrogens is 1. The molecule has 0 aliphatic carbocycles. The van der Waals surface area contributed by atoms with Gasteiger partial charge in [0, 0.05) is 17.6 Å². The van der Waals surface area contributed by atoms with Crippen LogP contribution < -0.4 is 10.2 Å². The van der Waals surface area contributed by atoms with Crippen molar-refractivity contribution in [2.75, 3.05) is 4.90 Å². The van der Waals surface area contributed by atoms with Crippen LogP contribution >= 0.6 is 12.2 Å². The fourth-order valence-electron chi connectivity index (χ4n) is 3.20. The molecule has 0 unspecified atom stereocenters. The Hall–Kier alpha value is -3.71. The molecule has 0 radical (unpaired) electrons. The first kappa shape index (κ1) is 18.6. The maximum absolute atomic E-state index is 13.2. The van der Waals surface area contributed by atoms with Crippen LogP contribution in [0, 0.1) is 6.92 Å². The Bertz CT molecular complexity index is 1160. The van der Waals surface area contributed by atoms with E-state index in [1.54, 1.807) is 36.4 Å². The second-order valence-electron chi connectivity index (χ2n) is 6.56. The minimum Gasteiger partial charge on any atom is -0.508 e. The molecule has 2 heterocycles. The molecule has 6 nitrogen and oxygen atoms in total. The first-order valence-electron chi connectivity index (χ1n) is 8.89. The van der Waals surface area contributed by atoms with Gasteiger partial charge < -0.3 is 9.67 Å². The van der Waals surface area contributed by atoms with Crippen LogP contribution in [0.3, 0.4) is 0 Å². The first-order valence-corrected chi connectivity index (χ1v) is 9.30. The molecule has 0 saturated carbocycles. The summed E-state index contributed by atoms with van der Waals surface area (Å²) >= 11 is 5.26. The molecule has 4 rings (SSSR count). The second kappa shape index (κ2) is 7.37. The van der Waals surface area contributed by atoms with E-state index in [1.807, 2.05) is 42.0 Å². The van der Waals surface area contributed by atoms with E-state index in [1.165, 1.54) is 11.0 Å². The Morgan fingerprint density at radius 3 is 2.45 bits per heavy atom. The van der Waals surface area contributed by atoms with E-state index in [0.29, 0.717) is 11.4 Å². The van der Waals surface area contributed by atoms with E-state index in [4.69, 9.17) is 12.2 Å². The zero-order chi connectivity index (χ0) is 20.5. The third-order valence-electron chi connectivity index (χ3n) is 4.66. The number of nitrogens with one attached hydrogen (secondary N) is 1. The largest absolute Gasteiger partial charge is 0.508 e. The summed E-state index contributed by atoms with van der Waals surface area (Å²) in [7, 11) is 0. The summed E-state index contributed by atoms with van der Waals surface area (Å²) in [5.41, 5.74) is 2.91. The molecule has 0 atom stereocenters. The highest BCUT2D eigenvalue weighted by atomic mass is 32.1. The summed E-state index contributed by atoms with van der Waals surface area (Å²) in [6, 6.07) is 17.6. The molecule has 1 saturated heterocycles. The summed E-state index contributed by atoms with van der Waals surface area (Å²) in [5, 5.41) is 12.2. The smallest absolute Gasteiger partial charge is 0.270 e. The second-order valence-corrected chi connectivity index (χ2v) is 6.95. The molecule has 2 amide bonds. The van der Waals surface area contributed by atoms with Crippen molar-refractivity contribution in [3.05, 3.63) is 83.7 Å². The van der Waals surface area contributed by atoms with Crippen LogP contribution in [0.1, 0.15) is 11.3 Å². The Balaban J connectivity index is 1.76. The summed E-state index contributed by atoms with van der Waals surface area (Å²) in [6.07, 6.45) is 3.35. The molecule has 29 heavy (non-hydrogen) atoms. The molecule has 0 spiro atoms. The molecule has 144 valence electrons. The predicted octanol–water partition coefficient (Wildman–Crippen LogP) is 3.32. The van der Waals surface area contributed by atoms with Gasteiger partial charge in [0.15, 0.2) is 5.11 Å².